The highest BCUT2D eigenvalue weighted by molar-refractivity contribution is 5.98. The second-order valence-electron chi connectivity index (χ2n) is 12.9. The Morgan fingerprint density at radius 1 is 0.963 bits per heavy atom. The fraction of sp³-hybridized carbons (Fsp3) is 0.119. The Bertz CT molecular complexity index is 2560. The Labute approximate surface area is 310 Å². The van der Waals surface area contributed by atoms with E-state index in [0.717, 1.165) is 35.2 Å². The van der Waals surface area contributed by atoms with Crippen molar-refractivity contribution in [2.24, 2.45) is 0 Å². The minimum absolute atomic E-state index is 0.213. The average Bonchev–Trinajstić information content (AvgIpc) is 4.05. The molecule has 0 bridgehead atoms. The number of fused-ring (bicyclic) bond motifs is 2. The predicted octanol–water partition coefficient (Wildman–Crippen LogP) is 7.41. The molecule has 3 aromatic carbocycles. The number of nitrogen functional groups attached to an aromatic ring is 1. The molecule has 4 aromatic heterocycles. The fourth-order valence-electron chi connectivity index (χ4n) is 7.05. The van der Waals surface area contributed by atoms with Gasteiger partial charge in [0, 0.05) is 29.8 Å². The van der Waals surface area contributed by atoms with E-state index in [2.05, 4.69) is 34.1 Å². The van der Waals surface area contributed by atoms with Crippen LogP contribution in [-0.4, -0.2) is 35.2 Å². The van der Waals surface area contributed by atoms with E-state index in [1.807, 2.05) is 83.6 Å². The molecule has 2 aliphatic rings. The summed E-state index contributed by atoms with van der Waals surface area (Å²) in [6, 6.07) is 28.9. The summed E-state index contributed by atoms with van der Waals surface area (Å²) in [4.78, 5) is 28.3. The molecule has 0 fully saturated rings. The van der Waals surface area contributed by atoms with Gasteiger partial charge in [-0.25, -0.2) is 19.6 Å². The molecule has 266 valence electrons. The standard InChI is InChI=1S/C42H34N8O4/c1-2-27-23-36(54-25-26-8-4-3-5-9-26)33(42-52-20-21-53-42)24-32(27)41(51)47-34-14-11-28-22-29(12-13-30(28)34)50-39(31-10-6-17-44-38(31)43)46-35-15-16-37(48-40(35)50)49-19-7-18-45-49/h2-10,12-13,15-24,34,42H,1,11,14,25H2,(H2,43,44)(H,47,51)/t34-/m0/s1. The Hall–Kier alpha value is -7.21. The topological polar surface area (TPSA) is 144 Å². The molecule has 0 unspecified atom stereocenters. The highest BCUT2D eigenvalue weighted by Gasteiger charge is 2.29. The summed E-state index contributed by atoms with van der Waals surface area (Å²) in [5, 5.41) is 7.65. The Morgan fingerprint density at radius 2 is 1.83 bits per heavy atom. The number of amides is 1. The molecule has 3 N–H and O–H groups in total. The molecular weight excluding hydrogens is 681 g/mol. The number of pyridine rings is 2. The number of hydrogen-bond acceptors (Lipinski definition) is 9. The lowest BCUT2D eigenvalue weighted by molar-refractivity contribution is -0.0266. The van der Waals surface area contributed by atoms with Gasteiger partial charge < -0.3 is 25.3 Å². The third kappa shape index (κ3) is 5.99. The van der Waals surface area contributed by atoms with Crippen LogP contribution in [-0.2, 0) is 22.5 Å². The van der Waals surface area contributed by atoms with Gasteiger partial charge >= 0.3 is 0 Å². The van der Waals surface area contributed by atoms with Gasteiger partial charge in [0.15, 0.2) is 17.3 Å². The Morgan fingerprint density at radius 3 is 2.63 bits per heavy atom. The number of hydrogen-bond donors (Lipinski definition) is 2. The number of anilines is 1. The number of carbonyl (C=O) groups excluding carboxylic acids is 1. The van der Waals surface area contributed by atoms with Crippen LogP contribution in [0.25, 0.3) is 40.1 Å². The molecule has 1 aliphatic heterocycles. The summed E-state index contributed by atoms with van der Waals surface area (Å²) in [6.45, 7) is 4.34. The molecule has 12 heteroatoms. The molecule has 0 saturated heterocycles. The zero-order chi connectivity index (χ0) is 36.6. The third-order valence-electron chi connectivity index (χ3n) is 9.67. The summed E-state index contributed by atoms with van der Waals surface area (Å²) in [7, 11) is 0. The minimum atomic E-state index is -0.747. The van der Waals surface area contributed by atoms with Crippen LogP contribution in [0.3, 0.4) is 0 Å². The summed E-state index contributed by atoms with van der Waals surface area (Å²) in [6.07, 6.45) is 10.6. The predicted molar refractivity (Wildman–Crippen MR) is 204 cm³/mol. The van der Waals surface area contributed by atoms with E-state index in [1.165, 1.54) is 12.5 Å². The number of rotatable bonds is 10. The van der Waals surface area contributed by atoms with Crippen LogP contribution >= 0.6 is 0 Å². The summed E-state index contributed by atoms with van der Waals surface area (Å²) >= 11 is 0. The number of ether oxygens (including phenoxy) is 3. The second-order valence-corrected chi connectivity index (χ2v) is 12.9. The molecule has 7 aromatic rings. The summed E-state index contributed by atoms with van der Waals surface area (Å²) in [5.74, 6) is 1.95. The van der Waals surface area contributed by atoms with Crippen molar-refractivity contribution in [1.29, 1.82) is 0 Å². The maximum Gasteiger partial charge on any atom is 0.269 e. The van der Waals surface area contributed by atoms with E-state index >= 15 is 0 Å². The van der Waals surface area contributed by atoms with Crippen LogP contribution in [0.2, 0.25) is 0 Å². The lowest BCUT2D eigenvalue weighted by Crippen LogP contribution is -2.28. The molecule has 1 atom stereocenters. The first kappa shape index (κ1) is 32.7. The van der Waals surface area contributed by atoms with Gasteiger partial charge in [-0.1, -0.05) is 49.1 Å². The largest absolute Gasteiger partial charge is 0.488 e. The molecule has 0 spiro atoms. The zero-order valence-corrected chi connectivity index (χ0v) is 29.0. The van der Waals surface area contributed by atoms with Crippen molar-refractivity contribution in [3.8, 4) is 28.6 Å². The van der Waals surface area contributed by atoms with Gasteiger partial charge in [0.2, 0.25) is 0 Å². The second kappa shape index (κ2) is 13.7. The van der Waals surface area contributed by atoms with Crippen LogP contribution in [0.15, 0.2) is 129 Å². The lowest BCUT2D eigenvalue weighted by atomic mass is 10.00. The van der Waals surface area contributed by atoms with Gasteiger partial charge in [-0.2, -0.15) is 5.10 Å². The quantitative estimate of drug-likeness (QED) is 0.148. The van der Waals surface area contributed by atoms with Gasteiger partial charge in [0.1, 0.15) is 36.2 Å². The van der Waals surface area contributed by atoms with Gasteiger partial charge in [-0.05, 0) is 89.7 Å². The van der Waals surface area contributed by atoms with Crippen molar-refractivity contribution in [1.82, 2.24) is 34.6 Å². The molecular formula is C42H34N8O4. The SMILES string of the molecule is C=Cc1cc(OCc2ccccc2)c(C2OC=CO2)cc1C(=O)N[C@H]1CCc2cc(-n3c(-c4cccnc4N)nc4ccc(-n5cccn5)nc43)ccc21. The van der Waals surface area contributed by atoms with E-state index < -0.39 is 6.29 Å². The van der Waals surface area contributed by atoms with Crippen molar-refractivity contribution in [3.63, 3.8) is 0 Å². The minimum Gasteiger partial charge on any atom is -0.488 e. The summed E-state index contributed by atoms with van der Waals surface area (Å²) < 4.78 is 21.3. The van der Waals surface area contributed by atoms with Crippen LogP contribution in [0.5, 0.6) is 5.75 Å². The van der Waals surface area contributed by atoms with Gasteiger partial charge in [-0.15, -0.1) is 0 Å². The van der Waals surface area contributed by atoms with Crippen molar-refractivity contribution in [2.45, 2.75) is 31.8 Å². The lowest BCUT2D eigenvalue weighted by Gasteiger charge is -2.20. The number of carbonyl (C=O) groups is 1. The van der Waals surface area contributed by atoms with Crippen molar-refractivity contribution in [2.75, 3.05) is 5.73 Å². The molecule has 12 nitrogen and oxygen atoms in total. The van der Waals surface area contributed by atoms with E-state index in [0.29, 0.717) is 63.2 Å². The zero-order valence-electron chi connectivity index (χ0n) is 29.0. The first-order valence-electron chi connectivity index (χ1n) is 17.5. The number of nitrogens with two attached hydrogens (primary N) is 1. The van der Waals surface area contributed by atoms with E-state index in [1.54, 1.807) is 29.2 Å². The van der Waals surface area contributed by atoms with E-state index in [9.17, 15) is 4.79 Å². The van der Waals surface area contributed by atoms with Gasteiger partial charge in [-0.3, -0.25) is 9.36 Å². The molecule has 0 saturated carbocycles. The molecule has 5 heterocycles. The Balaban J connectivity index is 1.04. The highest BCUT2D eigenvalue weighted by atomic mass is 16.7. The summed E-state index contributed by atoms with van der Waals surface area (Å²) in [5.41, 5.74) is 14.1. The maximum absolute atomic E-state index is 14.1. The van der Waals surface area contributed by atoms with Gasteiger partial charge in [0.05, 0.1) is 17.2 Å². The Kier molecular flexibility index (Phi) is 8.31. The normalized spacial score (nSPS) is 14.8. The van der Waals surface area contributed by atoms with Crippen molar-refractivity contribution >= 4 is 29.0 Å². The number of nitrogens with one attached hydrogen (secondary N) is 1. The van der Waals surface area contributed by atoms with Crippen LogP contribution in [0, 0.1) is 0 Å². The molecule has 1 amide bonds. The first-order chi connectivity index (χ1) is 26.5. The number of benzene rings is 3. The number of imidazole rings is 1. The molecule has 54 heavy (non-hydrogen) atoms. The van der Waals surface area contributed by atoms with Crippen molar-refractivity contribution < 1.29 is 19.0 Å². The number of aryl methyl sites for hydroxylation is 1. The number of nitrogens with zero attached hydrogens (tertiary/aromatic N) is 6. The fourth-order valence-corrected chi connectivity index (χ4v) is 7.05. The van der Waals surface area contributed by atoms with Crippen molar-refractivity contribution in [3.05, 3.63) is 162 Å². The average molecular weight is 715 g/mol. The molecule has 1 aliphatic carbocycles. The maximum atomic E-state index is 14.1. The molecule has 0 radical (unpaired) electrons. The third-order valence-corrected chi connectivity index (χ3v) is 9.67. The van der Waals surface area contributed by atoms with Crippen LogP contribution < -0.4 is 15.8 Å². The smallest absolute Gasteiger partial charge is 0.269 e. The van der Waals surface area contributed by atoms with Crippen LogP contribution in [0.4, 0.5) is 5.82 Å². The van der Waals surface area contributed by atoms with E-state index in [4.69, 9.17) is 29.9 Å². The number of aromatic nitrogens is 6. The van der Waals surface area contributed by atoms with Gasteiger partial charge in [0.25, 0.3) is 12.2 Å². The van der Waals surface area contributed by atoms with E-state index in [-0.39, 0.29) is 11.9 Å². The molecule has 9 rings (SSSR count). The monoisotopic (exact) mass is 714 g/mol. The highest BCUT2D eigenvalue weighted by Crippen LogP contribution is 2.38. The first-order valence-corrected chi connectivity index (χ1v) is 17.5. The van der Waals surface area contributed by atoms with Crippen LogP contribution in [0.1, 0.15) is 56.9 Å².